The highest BCUT2D eigenvalue weighted by Gasteiger charge is 2.45. The zero-order chi connectivity index (χ0) is 14.2. The van der Waals surface area contributed by atoms with Crippen molar-refractivity contribution in [3.63, 3.8) is 0 Å². The highest BCUT2D eigenvalue weighted by atomic mass is 19.4. The summed E-state index contributed by atoms with van der Waals surface area (Å²) in [6.45, 7) is -0.771. The second-order valence-corrected chi connectivity index (χ2v) is 4.91. The van der Waals surface area contributed by atoms with Crippen LogP contribution in [-0.2, 0) is 9.59 Å². The van der Waals surface area contributed by atoms with Gasteiger partial charge in [-0.3, -0.25) is 14.5 Å². The highest BCUT2D eigenvalue weighted by molar-refractivity contribution is 5.85. The van der Waals surface area contributed by atoms with Crippen LogP contribution < -0.4 is 0 Å². The third-order valence-electron chi connectivity index (χ3n) is 3.62. The van der Waals surface area contributed by atoms with Gasteiger partial charge in [0, 0.05) is 6.54 Å². The van der Waals surface area contributed by atoms with Crippen molar-refractivity contribution in [3.05, 3.63) is 0 Å². The number of hydrogen-bond donors (Lipinski definition) is 1. The van der Waals surface area contributed by atoms with Gasteiger partial charge in [-0.05, 0) is 25.8 Å². The molecule has 2 atom stereocenters. The number of alkyl halides is 3. The summed E-state index contributed by atoms with van der Waals surface area (Å²) in [5, 5.41) is 9.04. The van der Waals surface area contributed by atoms with Gasteiger partial charge in [-0.2, -0.15) is 13.2 Å². The molecule has 0 aromatic carbocycles. The number of hydrogen-bond acceptors (Lipinski definition) is 3. The van der Waals surface area contributed by atoms with Crippen molar-refractivity contribution in [1.29, 1.82) is 0 Å². The molecule has 19 heavy (non-hydrogen) atoms. The van der Waals surface area contributed by atoms with Crippen molar-refractivity contribution in [1.82, 2.24) is 9.80 Å². The van der Waals surface area contributed by atoms with Gasteiger partial charge in [0.05, 0.1) is 6.04 Å². The molecule has 2 saturated heterocycles. The number of aliphatic carboxylic acids is 1. The lowest BCUT2D eigenvalue weighted by molar-refractivity contribution is -0.160. The van der Waals surface area contributed by atoms with Crippen LogP contribution in [0.1, 0.15) is 19.3 Å². The summed E-state index contributed by atoms with van der Waals surface area (Å²) in [4.78, 5) is 25.3. The first-order valence-corrected chi connectivity index (χ1v) is 6.13. The van der Waals surface area contributed by atoms with Crippen LogP contribution in [0.3, 0.4) is 0 Å². The van der Waals surface area contributed by atoms with Gasteiger partial charge in [-0.15, -0.1) is 0 Å². The third kappa shape index (κ3) is 2.99. The Balaban J connectivity index is 2.03. The molecule has 0 radical (unpaired) electrons. The van der Waals surface area contributed by atoms with Gasteiger partial charge in [0.2, 0.25) is 5.91 Å². The molecule has 2 heterocycles. The quantitative estimate of drug-likeness (QED) is 0.826. The lowest BCUT2D eigenvalue weighted by atomic mass is 10.1. The van der Waals surface area contributed by atoms with Crippen LogP contribution in [-0.4, -0.2) is 64.7 Å². The standard InChI is InChI=1S/C11H15F3N2O3/c12-11(13,14)6-15-5-3-7(9(15)17)16-4-1-2-8(16)10(18)19/h7-8H,1-6H2,(H,18,19)/t7?,8-/m0/s1. The molecule has 108 valence electrons. The molecular weight excluding hydrogens is 265 g/mol. The van der Waals surface area contributed by atoms with Crippen LogP contribution in [0.25, 0.3) is 0 Å². The normalized spacial score (nSPS) is 29.2. The van der Waals surface area contributed by atoms with Gasteiger partial charge in [0.25, 0.3) is 0 Å². The van der Waals surface area contributed by atoms with E-state index in [1.807, 2.05) is 0 Å². The fraction of sp³-hybridized carbons (Fsp3) is 0.818. The van der Waals surface area contributed by atoms with Crippen molar-refractivity contribution in [2.75, 3.05) is 19.6 Å². The number of carbonyl (C=O) groups excluding carboxylic acids is 1. The van der Waals surface area contributed by atoms with Crippen LogP contribution in [0.5, 0.6) is 0 Å². The van der Waals surface area contributed by atoms with Crippen LogP contribution in [0.4, 0.5) is 13.2 Å². The van der Waals surface area contributed by atoms with Crippen molar-refractivity contribution >= 4 is 11.9 Å². The van der Waals surface area contributed by atoms with Crippen LogP contribution in [0, 0.1) is 0 Å². The topological polar surface area (TPSA) is 60.9 Å². The van der Waals surface area contributed by atoms with Gasteiger partial charge >= 0.3 is 12.1 Å². The number of carboxylic acid groups (broad SMARTS) is 1. The SMILES string of the molecule is O=C(O)[C@@H]1CCCN1C1CCN(CC(F)(F)F)C1=O. The average Bonchev–Trinajstić information content (AvgIpc) is 2.85. The minimum absolute atomic E-state index is 0.0336. The van der Waals surface area contributed by atoms with E-state index in [0.717, 1.165) is 4.90 Å². The molecule has 2 rings (SSSR count). The summed E-state index contributed by atoms with van der Waals surface area (Å²) in [5.41, 5.74) is 0. The van der Waals surface area contributed by atoms with Crippen LogP contribution in [0.2, 0.25) is 0 Å². The molecule has 8 heteroatoms. The lowest BCUT2D eigenvalue weighted by Gasteiger charge is -2.27. The van der Waals surface area contributed by atoms with Crippen molar-refractivity contribution in [2.45, 2.75) is 37.5 Å². The van der Waals surface area contributed by atoms with Crippen LogP contribution >= 0.6 is 0 Å². The van der Waals surface area contributed by atoms with E-state index in [9.17, 15) is 22.8 Å². The average molecular weight is 280 g/mol. The van der Waals surface area contributed by atoms with Gasteiger partial charge in [-0.25, -0.2) is 0 Å². The summed E-state index contributed by atoms with van der Waals surface area (Å²) >= 11 is 0. The van der Waals surface area contributed by atoms with E-state index >= 15 is 0 Å². The summed E-state index contributed by atoms with van der Waals surface area (Å²) in [7, 11) is 0. The predicted molar refractivity (Wildman–Crippen MR) is 58.4 cm³/mol. The summed E-state index contributed by atoms with van der Waals surface area (Å²) < 4.78 is 36.9. The fourth-order valence-electron chi connectivity index (χ4n) is 2.83. The van der Waals surface area contributed by atoms with Crippen molar-refractivity contribution < 1.29 is 27.9 Å². The monoisotopic (exact) mass is 280 g/mol. The Morgan fingerprint density at radius 2 is 2.00 bits per heavy atom. The number of carbonyl (C=O) groups is 2. The number of amides is 1. The summed E-state index contributed by atoms with van der Waals surface area (Å²) in [6, 6.07) is -1.47. The predicted octanol–water partition coefficient (Wildman–Crippen LogP) is 0.699. The molecule has 0 aliphatic carbocycles. The first-order chi connectivity index (χ1) is 8.79. The number of nitrogens with zero attached hydrogens (tertiary/aromatic N) is 2. The number of likely N-dealkylation sites (tertiary alicyclic amines) is 2. The van der Waals surface area contributed by atoms with E-state index in [2.05, 4.69) is 0 Å². The maximum Gasteiger partial charge on any atom is 0.406 e. The smallest absolute Gasteiger partial charge is 0.406 e. The Morgan fingerprint density at radius 3 is 2.58 bits per heavy atom. The third-order valence-corrected chi connectivity index (χ3v) is 3.62. The summed E-state index contributed by atoms with van der Waals surface area (Å²) in [5.74, 6) is -1.62. The molecule has 0 aromatic rings. The Hall–Kier alpha value is -1.31. The van der Waals surface area contributed by atoms with E-state index in [1.54, 1.807) is 0 Å². The lowest BCUT2D eigenvalue weighted by Crippen LogP contribution is -2.48. The molecule has 1 amide bonds. The molecule has 0 bridgehead atoms. The van der Waals surface area contributed by atoms with Gasteiger partial charge in [0.1, 0.15) is 12.6 Å². The summed E-state index contributed by atoms with van der Waals surface area (Å²) in [6.07, 6.45) is -3.06. The minimum Gasteiger partial charge on any atom is -0.480 e. The van der Waals surface area contributed by atoms with E-state index in [1.165, 1.54) is 4.90 Å². The number of halogens is 3. The van der Waals surface area contributed by atoms with E-state index in [0.29, 0.717) is 19.4 Å². The largest absolute Gasteiger partial charge is 0.480 e. The molecule has 0 aromatic heterocycles. The van der Waals surface area contributed by atoms with E-state index in [4.69, 9.17) is 5.11 Å². The van der Waals surface area contributed by atoms with Crippen molar-refractivity contribution in [2.24, 2.45) is 0 Å². The first kappa shape index (κ1) is 14.1. The molecule has 1 N–H and O–H groups in total. The van der Waals surface area contributed by atoms with Crippen LogP contribution in [0.15, 0.2) is 0 Å². The maximum absolute atomic E-state index is 12.3. The number of rotatable bonds is 3. The first-order valence-electron chi connectivity index (χ1n) is 6.13. The zero-order valence-corrected chi connectivity index (χ0v) is 10.2. The Morgan fingerprint density at radius 1 is 1.32 bits per heavy atom. The second kappa shape index (κ2) is 4.99. The molecule has 0 saturated carbocycles. The van der Waals surface area contributed by atoms with Gasteiger partial charge < -0.3 is 10.0 Å². The second-order valence-electron chi connectivity index (χ2n) is 4.91. The molecule has 1 unspecified atom stereocenters. The Labute approximate surface area is 108 Å². The Bertz CT molecular complexity index is 386. The van der Waals surface area contributed by atoms with Crippen molar-refractivity contribution in [3.8, 4) is 0 Å². The molecule has 2 fully saturated rings. The fourth-order valence-corrected chi connectivity index (χ4v) is 2.83. The molecule has 0 spiro atoms. The molecule has 2 aliphatic rings. The Kier molecular flexibility index (Phi) is 3.71. The maximum atomic E-state index is 12.3. The minimum atomic E-state index is -4.41. The molecule has 2 aliphatic heterocycles. The highest BCUT2D eigenvalue weighted by Crippen LogP contribution is 2.28. The van der Waals surface area contributed by atoms with E-state index < -0.39 is 36.7 Å². The van der Waals surface area contributed by atoms with Gasteiger partial charge in [0.15, 0.2) is 0 Å². The van der Waals surface area contributed by atoms with Gasteiger partial charge in [-0.1, -0.05) is 0 Å². The number of carboxylic acids is 1. The zero-order valence-electron chi connectivity index (χ0n) is 10.2. The molecular formula is C11H15F3N2O3. The van der Waals surface area contributed by atoms with E-state index in [-0.39, 0.29) is 13.0 Å². The molecule has 5 nitrogen and oxygen atoms in total.